The average molecular weight is 582 g/mol. The molecule has 1 fully saturated rings. The number of carbonyl (C=O) groups is 4. The molecule has 2 unspecified atom stereocenters. The zero-order chi connectivity index (χ0) is 32.1. The van der Waals surface area contributed by atoms with E-state index in [0.717, 1.165) is 37.5 Å². The minimum atomic E-state index is -1.33. The number of carboxylic acid groups (broad SMARTS) is 1. The van der Waals surface area contributed by atoms with Crippen LogP contribution in [-0.4, -0.2) is 85.4 Å². The van der Waals surface area contributed by atoms with Gasteiger partial charge in [-0.05, 0) is 30.1 Å². The van der Waals surface area contributed by atoms with Gasteiger partial charge in [-0.1, -0.05) is 40.5 Å². The molecule has 0 spiro atoms. The van der Waals surface area contributed by atoms with Crippen molar-refractivity contribution >= 4 is 36.2 Å². The number of amides is 1. The quantitative estimate of drug-likeness (QED) is 0.0938. The zero-order valence-corrected chi connectivity index (χ0v) is 23.6. The first kappa shape index (κ1) is 38.8. The number of ether oxygens (including phenoxy) is 3. The van der Waals surface area contributed by atoms with E-state index in [-0.39, 0.29) is 36.7 Å². The van der Waals surface area contributed by atoms with E-state index >= 15 is 0 Å². The number of primary amides is 1. The molecule has 1 saturated carbocycles. The molecule has 1 aliphatic carbocycles. The molecule has 41 heavy (non-hydrogen) atoms. The topological polar surface area (TPSA) is 221 Å². The Kier molecular flexibility index (Phi) is 18.6. The Hall–Kier alpha value is -4.38. The highest BCUT2D eigenvalue weighted by Crippen LogP contribution is 2.47. The van der Waals surface area contributed by atoms with Crippen LogP contribution in [0.5, 0.6) is 0 Å². The molecule has 0 saturated heterocycles. The fourth-order valence-electron chi connectivity index (χ4n) is 4.20. The van der Waals surface area contributed by atoms with Crippen LogP contribution in [0, 0.1) is 16.2 Å². The summed E-state index contributed by atoms with van der Waals surface area (Å²) in [5, 5.41) is 16.7. The van der Waals surface area contributed by atoms with Gasteiger partial charge in [0.15, 0.2) is 0 Å². The Morgan fingerprint density at radius 2 is 1.34 bits per heavy atom. The van der Waals surface area contributed by atoms with Crippen molar-refractivity contribution in [2.75, 3.05) is 33.0 Å². The van der Waals surface area contributed by atoms with Crippen LogP contribution in [0.3, 0.4) is 0 Å². The lowest BCUT2D eigenvalue weighted by molar-refractivity contribution is -0.159. The van der Waals surface area contributed by atoms with Gasteiger partial charge in [-0.25, -0.2) is 38.8 Å². The standard InChI is InChI=1S/C14H18O7.C12H18N2O2.CH3NO2/c1-4-11(16)19-8-14(7-15,9-20-12(17)5-2)10-21-13(18)6-3;1-11(2)4-10(14-9-16)5-12(3,6-11)7-13-8-15;2-1(3)4/h4-6,15H,1-3,7-10H2;10H,4-7H2,1-3H3;2H2,(H,3,4). The molecule has 0 aromatic carbocycles. The Morgan fingerprint density at radius 3 is 1.66 bits per heavy atom. The molecule has 1 amide bonds. The molecular weight excluding hydrogens is 542 g/mol. The van der Waals surface area contributed by atoms with E-state index in [1.807, 2.05) is 0 Å². The second kappa shape index (κ2) is 19.6. The van der Waals surface area contributed by atoms with Gasteiger partial charge in [0.2, 0.25) is 12.2 Å². The maximum absolute atomic E-state index is 11.1. The molecule has 0 aromatic heterocycles. The van der Waals surface area contributed by atoms with Crippen molar-refractivity contribution < 1.29 is 53.2 Å². The van der Waals surface area contributed by atoms with Gasteiger partial charge in [0.1, 0.15) is 19.8 Å². The van der Waals surface area contributed by atoms with E-state index in [9.17, 15) is 29.1 Å². The number of nitrogens with zero attached hydrogens (tertiary/aromatic N) is 2. The van der Waals surface area contributed by atoms with E-state index < -0.39 is 36.0 Å². The molecule has 4 N–H and O–H groups in total. The largest absolute Gasteiger partial charge is 0.465 e. The summed E-state index contributed by atoms with van der Waals surface area (Å²) in [6.07, 6.45) is 7.36. The van der Waals surface area contributed by atoms with E-state index in [1.54, 1.807) is 12.2 Å². The number of esters is 3. The van der Waals surface area contributed by atoms with Gasteiger partial charge in [0.05, 0.1) is 24.6 Å². The fraction of sp³-hybridized carbons (Fsp3) is 0.556. The molecule has 228 valence electrons. The molecule has 14 heteroatoms. The van der Waals surface area contributed by atoms with E-state index in [0.29, 0.717) is 6.54 Å². The molecule has 0 heterocycles. The first-order valence-electron chi connectivity index (χ1n) is 12.1. The van der Waals surface area contributed by atoms with Crippen LogP contribution >= 0.6 is 0 Å². The summed E-state index contributed by atoms with van der Waals surface area (Å²) in [4.78, 5) is 70.1. The van der Waals surface area contributed by atoms with Gasteiger partial charge in [0, 0.05) is 18.2 Å². The summed E-state index contributed by atoms with van der Waals surface area (Å²) in [7, 11) is 0. The molecule has 2 atom stereocenters. The van der Waals surface area contributed by atoms with Crippen molar-refractivity contribution in [3.63, 3.8) is 0 Å². The normalized spacial score (nSPS) is 18.4. The lowest BCUT2D eigenvalue weighted by atomic mass is 9.63. The predicted octanol–water partition coefficient (Wildman–Crippen LogP) is 2.02. The van der Waals surface area contributed by atoms with Crippen molar-refractivity contribution in [3.05, 3.63) is 38.0 Å². The Bertz CT molecular complexity index is 964. The fourth-order valence-corrected chi connectivity index (χ4v) is 4.20. The summed E-state index contributed by atoms with van der Waals surface area (Å²) in [6.45, 7) is 15.0. The number of isocyanates is 2. The van der Waals surface area contributed by atoms with Crippen molar-refractivity contribution in [1.82, 2.24) is 0 Å². The monoisotopic (exact) mass is 581 g/mol. The van der Waals surface area contributed by atoms with E-state index in [2.05, 4.69) is 56.2 Å². The van der Waals surface area contributed by atoms with Crippen LogP contribution in [0.25, 0.3) is 0 Å². The number of aliphatic imine (C=N–C) groups is 2. The minimum Gasteiger partial charge on any atom is -0.465 e. The predicted molar refractivity (Wildman–Crippen MR) is 146 cm³/mol. The maximum atomic E-state index is 11.1. The number of aliphatic hydroxyl groups excluding tert-OH is 1. The average Bonchev–Trinajstić information content (AvgIpc) is 2.90. The second-order valence-corrected chi connectivity index (χ2v) is 10.3. The Balaban J connectivity index is 0. The molecule has 14 nitrogen and oxygen atoms in total. The first-order chi connectivity index (χ1) is 19.1. The van der Waals surface area contributed by atoms with Gasteiger partial charge >= 0.3 is 24.0 Å². The van der Waals surface area contributed by atoms with Crippen LogP contribution in [-0.2, 0) is 38.2 Å². The zero-order valence-electron chi connectivity index (χ0n) is 23.6. The molecule has 1 aliphatic rings. The summed E-state index contributed by atoms with van der Waals surface area (Å²) in [5.74, 6) is -2.17. The third-order valence-corrected chi connectivity index (χ3v) is 5.58. The van der Waals surface area contributed by atoms with Crippen LogP contribution in [0.15, 0.2) is 47.9 Å². The number of aliphatic hydroxyl groups is 1. The van der Waals surface area contributed by atoms with Gasteiger partial charge in [-0.3, -0.25) is 0 Å². The van der Waals surface area contributed by atoms with Gasteiger partial charge in [0.25, 0.3) is 0 Å². The maximum Gasteiger partial charge on any atom is 0.402 e. The summed E-state index contributed by atoms with van der Waals surface area (Å²) in [6, 6.07) is 0.00750. The van der Waals surface area contributed by atoms with Crippen molar-refractivity contribution in [2.45, 2.75) is 46.1 Å². The highest BCUT2D eigenvalue weighted by Gasteiger charge is 2.41. The number of nitrogens with two attached hydrogens (primary N) is 1. The molecule has 0 aromatic rings. The van der Waals surface area contributed by atoms with Crippen LogP contribution in [0.2, 0.25) is 0 Å². The van der Waals surface area contributed by atoms with Crippen LogP contribution < -0.4 is 5.73 Å². The lowest BCUT2D eigenvalue weighted by Crippen LogP contribution is -2.42. The van der Waals surface area contributed by atoms with Gasteiger partial charge in [-0.2, -0.15) is 0 Å². The first-order valence-corrected chi connectivity index (χ1v) is 12.1. The molecule has 0 bridgehead atoms. The smallest absolute Gasteiger partial charge is 0.402 e. The third-order valence-electron chi connectivity index (χ3n) is 5.58. The highest BCUT2D eigenvalue weighted by molar-refractivity contribution is 5.82. The second-order valence-electron chi connectivity index (χ2n) is 10.3. The number of carbonyl (C=O) groups excluding carboxylic acids is 5. The van der Waals surface area contributed by atoms with Gasteiger partial charge in [-0.15, -0.1) is 0 Å². The number of rotatable bonds is 13. The third kappa shape index (κ3) is 18.5. The van der Waals surface area contributed by atoms with Crippen molar-refractivity contribution in [3.8, 4) is 0 Å². The summed E-state index contributed by atoms with van der Waals surface area (Å²) in [5.41, 5.74) is 2.80. The van der Waals surface area contributed by atoms with E-state index in [1.165, 1.54) is 0 Å². The highest BCUT2D eigenvalue weighted by atomic mass is 16.6. The van der Waals surface area contributed by atoms with Crippen molar-refractivity contribution in [2.24, 2.45) is 32.0 Å². The summed E-state index contributed by atoms with van der Waals surface area (Å²) < 4.78 is 14.5. The Labute approximate surface area is 238 Å². The summed E-state index contributed by atoms with van der Waals surface area (Å²) >= 11 is 0. The number of hydrogen-bond acceptors (Lipinski definition) is 12. The molecule has 0 aliphatic heterocycles. The van der Waals surface area contributed by atoms with Crippen molar-refractivity contribution in [1.29, 1.82) is 0 Å². The molecule has 0 radical (unpaired) electrons. The Morgan fingerprint density at radius 1 is 0.927 bits per heavy atom. The number of hydrogen-bond donors (Lipinski definition) is 3. The minimum absolute atomic E-state index is 0.00750. The van der Waals surface area contributed by atoms with Crippen LogP contribution in [0.4, 0.5) is 4.79 Å². The lowest BCUT2D eigenvalue weighted by Gasteiger charge is -2.44. The SMILES string of the molecule is C=CC(=O)OCC(CO)(COC(=O)C=C)COC(=O)C=C.CC1(C)CC(N=C=O)CC(C)(CN=C=O)C1.NC(=O)O. The molecular formula is C27H39N3O11. The van der Waals surface area contributed by atoms with Gasteiger partial charge < -0.3 is 30.2 Å². The van der Waals surface area contributed by atoms with Crippen LogP contribution in [0.1, 0.15) is 40.0 Å². The van der Waals surface area contributed by atoms with E-state index in [4.69, 9.17) is 24.1 Å². The molecule has 1 rings (SSSR count).